The van der Waals surface area contributed by atoms with Crippen LogP contribution in [-0.2, 0) is 0 Å². The highest BCUT2D eigenvalue weighted by Gasteiger charge is 2.24. The van der Waals surface area contributed by atoms with Crippen molar-refractivity contribution in [3.8, 4) is 50.6 Å². The molecule has 0 spiro atoms. The molecule has 1 aliphatic heterocycles. The highest BCUT2D eigenvalue weighted by molar-refractivity contribution is 6.13. The minimum absolute atomic E-state index is 0.0147. The Morgan fingerprint density at radius 3 is 1.85 bits per heavy atom. The molecule has 2 aromatic heterocycles. The van der Waals surface area contributed by atoms with Gasteiger partial charge in [-0.3, -0.25) is 4.79 Å². The average Bonchev–Trinajstić information content (AvgIpc) is 3.47. The summed E-state index contributed by atoms with van der Waals surface area (Å²) in [6, 6.07) is 51.6. The molecule has 9 aromatic rings. The molecule has 0 bridgehead atoms. The number of hydrogen-bond donors (Lipinski definition) is 0. The zero-order valence-electron chi connectivity index (χ0n) is 25.1. The summed E-state index contributed by atoms with van der Waals surface area (Å²) in [6.07, 6.45) is 0. The lowest BCUT2D eigenvalue weighted by atomic mass is 9.95. The minimum atomic E-state index is -0.0147. The van der Waals surface area contributed by atoms with E-state index in [1.54, 1.807) is 0 Å². The summed E-state index contributed by atoms with van der Waals surface area (Å²) < 4.78 is 14.9. The average molecular weight is 604 g/mol. The molecule has 0 atom stereocenters. The summed E-state index contributed by atoms with van der Waals surface area (Å²) in [5.74, 6) is 1.71. The number of fused-ring (bicyclic) bond motifs is 7. The molecule has 3 heterocycles. The quantitative estimate of drug-likeness (QED) is 0.189. The number of nitrogens with zero attached hydrogens (tertiary/aromatic N) is 1. The van der Waals surface area contributed by atoms with Crippen LogP contribution >= 0.6 is 0 Å². The number of hydrogen-bond acceptors (Lipinski definition) is 3. The van der Waals surface area contributed by atoms with Crippen LogP contribution in [0.2, 0.25) is 0 Å². The predicted octanol–water partition coefficient (Wildman–Crippen LogP) is 11.1. The molecule has 4 heteroatoms. The van der Waals surface area contributed by atoms with Crippen LogP contribution in [0.25, 0.3) is 82.8 Å². The van der Waals surface area contributed by atoms with Crippen LogP contribution in [-0.4, -0.2) is 4.57 Å². The number of rotatable bonds is 3. The largest absolute Gasteiger partial charge is 0.456 e. The summed E-state index contributed by atoms with van der Waals surface area (Å²) in [5, 5.41) is 3.55. The van der Waals surface area contributed by atoms with Gasteiger partial charge < -0.3 is 13.7 Å². The fraction of sp³-hybridized carbons (Fsp3) is 0. The van der Waals surface area contributed by atoms with E-state index in [1.807, 2.05) is 54.6 Å². The third-order valence-corrected chi connectivity index (χ3v) is 9.36. The number of ether oxygens (including phenoxy) is 1. The van der Waals surface area contributed by atoms with Gasteiger partial charge in [-0.2, -0.15) is 0 Å². The Bertz CT molecular complexity index is 2800. The maximum atomic E-state index is 13.3. The SMILES string of the molecule is O=c1c2ccccc2oc2ccc(-c3cccc(-c4cccc(-c5cc6c7c(c5)c5ccccc5n7-c5ccccc5O6)c4)c3)cc12. The van der Waals surface area contributed by atoms with Gasteiger partial charge in [-0.25, -0.2) is 0 Å². The first-order valence-electron chi connectivity index (χ1n) is 15.7. The van der Waals surface area contributed by atoms with E-state index in [9.17, 15) is 4.79 Å². The molecule has 7 aromatic carbocycles. The van der Waals surface area contributed by atoms with Crippen LogP contribution in [0, 0.1) is 0 Å². The summed E-state index contributed by atoms with van der Waals surface area (Å²) in [7, 11) is 0. The molecule has 4 nitrogen and oxygen atoms in total. The van der Waals surface area contributed by atoms with Gasteiger partial charge in [-0.1, -0.05) is 84.9 Å². The van der Waals surface area contributed by atoms with E-state index >= 15 is 0 Å². The highest BCUT2D eigenvalue weighted by Crippen LogP contribution is 2.47. The van der Waals surface area contributed by atoms with Crippen LogP contribution in [0.4, 0.5) is 0 Å². The summed E-state index contributed by atoms with van der Waals surface area (Å²) >= 11 is 0. The molecule has 220 valence electrons. The van der Waals surface area contributed by atoms with Crippen LogP contribution in [0.3, 0.4) is 0 Å². The first-order chi connectivity index (χ1) is 23.2. The molecule has 0 unspecified atom stereocenters. The second kappa shape index (κ2) is 9.80. The monoisotopic (exact) mass is 603 g/mol. The van der Waals surface area contributed by atoms with Gasteiger partial charge >= 0.3 is 0 Å². The van der Waals surface area contributed by atoms with Crippen molar-refractivity contribution in [3.05, 3.63) is 162 Å². The topological polar surface area (TPSA) is 44.4 Å². The standard InChI is InChI=1S/C43H25NO3/c45-43-33-14-2-5-17-38(33)46-39-20-19-30(23-35(39)43)28-11-7-9-26(21-28)27-10-8-12-29(22-27)31-24-34-32-13-1-3-15-36(32)44-37-16-4-6-18-40(37)47-41(25-31)42(34)44/h1-25H. The lowest BCUT2D eigenvalue weighted by Crippen LogP contribution is -2.03. The Morgan fingerprint density at radius 1 is 0.426 bits per heavy atom. The van der Waals surface area contributed by atoms with E-state index in [1.165, 1.54) is 16.3 Å². The number of aromatic nitrogens is 1. The Hall–Kier alpha value is -6.39. The molecule has 10 rings (SSSR count). The van der Waals surface area contributed by atoms with E-state index < -0.39 is 0 Å². The van der Waals surface area contributed by atoms with Gasteiger partial charge in [0.05, 0.1) is 27.5 Å². The zero-order valence-corrected chi connectivity index (χ0v) is 25.1. The van der Waals surface area contributed by atoms with Crippen LogP contribution < -0.4 is 10.2 Å². The minimum Gasteiger partial charge on any atom is -0.456 e. The molecule has 1 aliphatic rings. The Balaban J connectivity index is 1.08. The van der Waals surface area contributed by atoms with Gasteiger partial charge in [0, 0.05) is 10.8 Å². The third kappa shape index (κ3) is 3.92. The molecular weight excluding hydrogens is 578 g/mol. The van der Waals surface area contributed by atoms with Crippen molar-refractivity contribution in [2.24, 2.45) is 0 Å². The van der Waals surface area contributed by atoms with Crippen LogP contribution in [0.1, 0.15) is 0 Å². The lowest BCUT2D eigenvalue weighted by Gasteiger charge is -2.21. The lowest BCUT2D eigenvalue weighted by molar-refractivity contribution is 0.476. The summed E-state index contributed by atoms with van der Waals surface area (Å²) in [6.45, 7) is 0. The third-order valence-electron chi connectivity index (χ3n) is 9.36. The van der Waals surface area contributed by atoms with Crippen molar-refractivity contribution in [2.75, 3.05) is 0 Å². The molecule has 0 N–H and O–H groups in total. The van der Waals surface area contributed by atoms with Gasteiger partial charge in [-0.15, -0.1) is 0 Å². The van der Waals surface area contributed by atoms with E-state index in [2.05, 4.69) is 102 Å². The highest BCUT2D eigenvalue weighted by atomic mass is 16.5. The number of para-hydroxylation sites is 4. The van der Waals surface area contributed by atoms with E-state index in [0.29, 0.717) is 21.9 Å². The molecule has 47 heavy (non-hydrogen) atoms. The maximum absolute atomic E-state index is 13.3. The predicted molar refractivity (Wildman–Crippen MR) is 191 cm³/mol. The summed E-state index contributed by atoms with van der Waals surface area (Å²) in [4.78, 5) is 13.3. The van der Waals surface area contributed by atoms with Crippen LogP contribution in [0.15, 0.2) is 161 Å². The fourth-order valence-corrected chi connectivity index (χ4v) is 7.14. The van der Waals surface area contributed by atoms with E-state index in [0.717, 1.165) is 56.1 Å². The fourth-order valence-electron chi connectivity index (χ4n) is 7.14. The Morgan fingerprint density at radius 2 is 1.04 bits per heavy atom. The Labute approximate surface area is 269 Å². The second-order valence-electron chi connectivity index (χ2n) is 12.1. The van der Waals surface area contributed by atoms with Crippen molar-refractivity contribution < 1.29 is 9.15 Å². The van der Waals surface area contributed by atoms with Gasteiger partial charge in [0.15, 0.2) is 11.5 Å². The first kappa shape index (κ1) is 25.9. The normalized spacial score (nSPS) is 12.1. The molecular formula is C43H25NO3. The van der Waals surface area contributed by atoms with E-state index in [4.69, 9.17) is 9.15 Å². The van der Waals surface area contributed by atoms with E-state index in [-0.39, 0.29) is 5.43 Å². The molecule has 0 saturated heterocycles. The van der Waals surface area contributed by atoms with Gasteiger partial charge in [0.1, 0.15) is 11.2 Å². The molecule has 0 fully saturated rings. The molecule has 0 radical (unpaired) electrons. The first-order valence-corrected chi connectivity index (χ1v) is 15.7. The smallest absolute Gasteiger partial charge is 0.200 e. The second-order valence-corrected chi connectivity index (χ2v) is 12.1. The molecule has 0 saturated carbocycles. The van der Waals surface area contributed by atoms with Crippen LogP contribution in [0.5, 0.6) is 11.5 Å². The van der Waals surface area contributed by atoms with Gasteiger partial charge in [0.25, 0.3) is 0 Å². The van der Waals surface area contributed by atoms with Crippen molar-refractivity contribution in [3.63, 3.8) is 0 Å². The molecule has 0 amide bonds. The maximum Gasteiger partial charge on any atom is 0.200 e. The summed E-state index contributed by atoms with van der Waals surface area (Å²) in [5.41, 5.74) is 10.9. The Kier molecular flexibility index (Phi) is 5.40. The van der Waals surface area contributed by atoms with Gasteiger partial charge in [-0.05, 0) is 100 Å². The van der Waals surface area contributed by atoms with Crippen molar-refractivity contribution in [1.29, 1.82) is 0 Å². The van der Waals surface area contributed by atoms with Crippen molar-refractivity contribution >= 4 is 43.7 Å². The van der Waals surface area contributed by atoms with Crippen molar-refractivity contribution in [1.82, 2.24) is 4.57 Å². The van der Waals surface area contributed by atoms with Crippen molar-refractivity contribution in [2.45, 2.75) is 0 Å². The molecule has 0 aliphatic carbocycles. The zero-order chi connectivity index (χ0) is 31.1. The van der Waals surface area contributed by atoms with Gasteiger partial charge in [0.2, 0.25) is 5.43 Å². The number of benzene rings is 7.